The number of rotatable bonds is 5. The van der Waals surface area contributed by atoms with Crippen LogP contribution < -0.4 is 11.1 Å². The van der Waals surface area contributed by atoms with Gasteiger partial charge in [-0.1, -0.05) is 24.4 Å². The van der Waals surface area contributed by atoms with E-state index in [1.54, 1.807) is 0 Å². The van der Waals surface area contributed by atoms with Crippen LogP contribution in [-0.2, 0) is 0 Å². The fourth-order valence-corrected chi connectivity index (χ4v) is 2.25. The van der Waals surface area contributed by atoms with Gasteiger partial charge in [-0.05, 0) is 19.8 Å². The van der Waals surface area contributed by atoms with Crippen molar-refractivity contribution in [2.45, 2.75) is 45.1 Å². The summed E-state index contributed by atoms with van der Waals surface area (Å²) in [6, 6.07) is -0.157. The van der Waals surface area contributed by atoms with E-state index in [0.29, 0.717) is 0 Å². The zero-order valence-electron chi connectivity index (χ0n) is 9.95. The second kappa shape index (κ2) is 6.06. The van der Waals surface area contributed by atoms with Gasteiger partial charge in [-0.25, -0.2) is 0 Å². The van der Waals surface area contributed by atoms with Gasteiger partial charge in [0, 0.05) is 18.6 Å². The molecular weight excluding hydrogens is 206 g/mol. The summed E-state index contributed by atoms with van der Waals surface area (Å²) < 4.78 is 0. The van der Waals surface area contributed by atoms with Crippen molar-refractivity contribution in [1.29, 1.82) is 0 Å². The smallest absolute Gasteiger partial charge is 0.156 e. The van der Waals surface area contributed by atoms with Gasteiger partial charge in [0.2, 0.25) is 0 Å². The van der Waals surface area contributed by atoms with Gasteiger partial charge < -0.3 is 21.4 Å². The van der Waals surface area contributed by atoms with E-state index in [1.807, 2.05) is 6.92 Å². The van der Waals surface area contributed by atoms with Crippen molar-refractivity contribution >= 4 is 5.84 Å². The minimum atomic E-state index is -0.157. The first kappa shape index (κ1) is 13.3. The third-order valence-corrected chi connectivity index (χ3v) is 3.59. The lowest BCUT2D eigenvalue weighted by atomic mass is 9.74. The van der Waals surface area contributed by atoms with Gasteiger partial charge in [0.1, 0.15) is 0 Å². The highest BCUT2D eigenvalue weighted by Crippen LogP contribution is 2.35. The maximum atomic E-state index is 9.50. The summed E-state index contributed by atoms with van der Waals surface area (Å²) in [5.41, 5.74) is 5.48. The molecule has 1 aliphatic rings. The Labute approximate surface area is 96.7 Å². The van der Waals surface area contributed by atoms with Crippen molar-refractivity contribution in [1.82, 2.24) is 5.32 Å². The highest BCUT2D eigenvalue weighted by Gasteiger charge is 2.31. The molecule has 0 aromatic heterocycles. The first-order valence-corrected chi connectivity index (χ1v) is 5.95. The molecule has 0 amide bonds. The Morgan fingerprint density at radius 1 is 1.44 bits per heavy atom. The van der Waals surface area contributed by atoms with Crippen LogP contribution in [0.2, 0.25) is 0 Å². The highest BCUT2D eigenvalue weighted by atomic mass is 16.4. The molecule has 1 fully saturated rings. The quantitative estimate of drug-likeness (QED) is 0.241. The summed E-state index contributed by atoms with van der Waals surface area (Å²) in [5.74, 6) is 0.184. The predicted molar refractivity (Wildman–Crippen MR) is 63.5 cm³/mol. The lowest BCUT2D eigenvalue weighted by molar-refractivity contribution is 0.0806. The minimum Gasteiger partial charge on any atom is -0.409 e. The molecule has 0 saturated heterocycles. The van der Waals surface area contributed by atoms with E-state index in [4.69, 9.17) is 10.9 Å². The first-order chi connectivity index (χ1) is 7.63. The van der Waals surface area contributed by atoms with Crippen molar-refractivity contribution in [3.8, 4) is 0 Å². The molecule has 1 saturated carbocycles. The van der Waals surface area contributed by atoms with Crippen molar-refractivity contribution in [2.75, 3.05) is 13.2 Å². The van der Waals surface area contributed by atoms with E-state index >= 15 is 0 Å². The number of aliphatic hydroxyl groups excluding tert-OH is 1. The molecule has 16 heavy (non-hydrogen) atoms. The standard InChI is InChI=1S/C11H23N3O2/c1-9(10(12)14-16)13-7-11(8-15)5-3-2-4-6-11/h9,13,15-16H,2-8H2,1H3,(H2,12,14). The van der Waals surface area contributed by atoms with Crippen molar-refractivity contribution in [2.24, 2.45) is 16.3 Å². The molecule has 1 unspecified atom stereocenters. The average molecular weight is 229 g/mol. The average Bonchev–Trinajstić information content (AvgIpc) is 2.36. The molecule has 0 radical (unpaired) electrons. The lowest BCUT2D eigenvalue weighted by Gasteiger charge is -2.36. The fraction of sp³-hybridized carbons (Fsp3) is 0.909. The Morgan fingerprint density at radius 2 is 2.06 bits per heavy atom. The maximum absolute atomic E-state index is 9.50. The molecule has 5 N–H and O–H groups in total. The normalized spacial score (nSPS) is 23.0. The first-order valence-electron chi connectivity index (χ1n) is 5.95. The van der Waals surface area contributed by atoms with Crippen LogP contribution >= 0.6 is 0 Å². The van der Waals surface area contributed by atoms with Crippen molar-refractivity contribution < 1.29 is 10.3 Å². The Kier molecular flexibility index (Phi) is 5.02. The van der Waals surface area contributed by atoms with Gasteiger partial charge in [-0.2, -0.15) is 0 Å². The zero-order valence-corrected chi connectivity index (χ0v) is 9.95. The molecule has 5 heteroatoms. The van der Waals surface area contributed by atoms with Crippen LogP contribution in [0.5, 0.6) is 0 Å². The van der Waals surface area contributed by atoms with E-state index < -0.39 is 0 Å². The van der Waals surface area contributed by atoms with E-state index in [-0.39, 0.29) is 23.9 Å². The van der Waals surface area contributed by atoms with Crippen LogP contribution in [0.4, 0.5) is 0 Å². The van der Waals surface area contributed by atoms with Crippen LogP contribution in [0.3, 0.4) is 0 Å². The Balaban J connectivity index is 2.44. The van der Waals surface area contributed by atoms with Crippen LogP contribution in [0, 0.1) is 5.41 Å². The Morgan fingerprint density at radius 3 is 2.56 bits per heavy atom. The molecule has 5 nitrogen and oxygen atoms in total. The molecule has 0 aromatic rings. The molecule has 0 aromatic carbocycles. The van der Waals surface area contributed by atoms with Crippen molar-refractivity contribution in [3.63, 3.8) is 0 Å². The summed E-state index contributed by atoms with van der Waals surface area (Å²) >= 11 is 0. The molecule has 1 rings (SSSR count). The molecular formula is C11H23N3O2. The third kappa shape index (κ3) is 3.35. The summed E-state index contributed by atoms with van der Waals surface area (Å²) in [5, 5.41) is 24.2. The van der Waals surface area contributed by atoms with E-state index in [0.717, 1.165) is 19.4 Å². The molecule has 0 heterocycles. The van der Waals surface area contributed by atoms with Crippen LogP contribution in [0.1, 0.15) is 39.0 Å². The number of hydrogen-bond acceptors (Lipinski definition) is 4. The predicted octanol–water partition coefficient (Wildman–Crippen LogP) is 0.654. The lowest BCUT2D eigenvalue weighted by Crippen LogP contribution is -2.46. The molecule has 1 atom stereocenters. The number of nitrogens with zero attached hydrogens (tertiary/aromatic N) is 1. The second-order valence-electron chi connectivity index (χ2n) is 4.85. The summed E-state index contributed by atoms with van der Waals surface area (Å²) in [6.45, 7) is 2.78. The van der Waals surface area contributed by atoms with E-state index in [9.17, 15) is 5.11 Å². The monoisotopic (exact) mass is 229 g/mol. The second-order valence-corrected chi connectivity index (χ2v) is 4.85. The van der Waals surface area contributed by atoms with Crippen LogP contribution in [-0.4, -0.2) is 35.3 Å². The van der Waals surface area contributed by atoms with Crippen LogP contribution in [0.15, 0.2) is 5.16 Å². The van der Waals surface area contributed by atoms with Gasteiger partial charge in [0.15, 0.2) is 5.84 Å². The molecule has 0 bridgehead atoms. The SMILES string of the molecule is CC(NCC1(CO)CCCCC1)C(N)=NO. The molecule has 0 aliphatic heterocycles. The Hall–Kier alpha value is -0.810. The summed E-state index contributed by atoms with van der Waals surface area (Å²) in [7, 11) is 0. The maximum Gasteiger partial charge on any atom is 0.156 e. The largest absolute Gasteiger partial charge is 0.409 e. The number of nitrogens with two attached hydrogens (primary N) is 1. The number of oxime groups is 1. The Bertz CT molecular complexity index is 237. The number of nitrogens with one attached hydrogen (secondary N) is 1. The molecule has 1 aliphatic carbocycles. The van der Waals surface area contributed by atoms with E-state index in [2.05, 4.69) is 10.5 Å². The minimum absolute atomic E-state index is 0.0117. The third-order valence-electron chi connectivity index (χ3n) is 3.59. The molecule has 94 valence electrons. The fourth-order valence-electron chi connectivity index (χ4n) is 2.25. The van der Waals surface area contributed by atoms with Crippen LogP contribution in [0.25, 0.3) is 0 Å². The summed E-state index contributed by atoms with van der Waals surface area (Å²) in [4.78, 5) is 0. The van der Waals surface area contributed by atoms with Gasteiger partial charge in [-0.3, -0.25) is 0 Å². The van der Waals surface area contributed by atoms with E-state index in [1.165, 1.54) is 19.3 Å². The van der Waals surface area contributed by atoms with Gasteiger partial charge >= 0.3 is 0 Å². The highest BCUT2D eigenvalue weighted by molar-refractivity contribution is 5.84. The van der Waals surface area contributed by atoms with Gasteiger partial charge in [0.25, 0.3) is 0 Å². The molecule has 0 spiro atoms. The zero-order chi connectivity index (χ0) is 12.0. The number of aliphatic hydroxyl groups is 1. The van der Waals surface area contributed by atoms with Crippen molar-refractivity contribution in [3.05, 3.63) is 0 Å². The number of amidine groups is 1. The summed E-state index contributed by atoms with van der Waals surface area (Å²) in [6.07, 6.45) is 5.73. The topological polar surface area (TPSA) is 90.9 Å². The number of hydrogen-bond donors (Lipinski definition) is 4. The van der Waals surface area contributed by atoms with Gasteiger partial charge in [0.05, 0.1) is 6.04 Å². The van der Waals surface area contributed by atoms with Gasteiger partial charge in [-0.15, -0.1) is 0 Å².